The predicted molar refractivity (Wildman–Crippen MR) is 81.0 cm³/mol. The first-order valence-electron chi connectivity index (χ1n) is 6.62. The molecule has 4 nitrogen and oxygen atoms in total. The molecule has 0 bridgehead atoms. The zero-order valence-corrected chi connectivity index (χ0v) is 12.2. The zero-order valence-electron chi connectivity index (χ0n) is 11.4. The van der Waals surface area contributed by atoms with Gasteiger partial charge in [0.1, 0.15) is 5.82 Å². The van der Waals surface area contributed by atoms with E-state index in [1.807, 2.05) is 6.92 Å². The van der Waals surface area contributed by atoms with Crippen LogP contribution in [0.4, 0.5) is 4.39 Å². The number of H-pyrrole nitrogens is 1. The van der Waals surface area contributed by atoms with E-state index in [4.69, 9.17) is 5.73 Å². The Kier molecular flexibility index (Phi) is 3.57. The Morgan fingerprint density at radius 2 is 2.33 bits per heavy atom. The number of carbonyl (C=O) groups is 1. The van der Waals surface area contributed by atoms with Crippen LogP contribution in [0.25, 0.3) is 10.9 Å². The van der Waals surface area contributed by atoms with Gasteiger partial charge in [0.2, 0.25) is 5.78 Å². The van der Waals surface area contributed by atoms with Crippen LogP contribution in [0.3, 0.4) is 0 Å². The van der Waals surface area contributed by atoms with Gasteiger partial charge in [-0.3, -0.25) is 4.79 Å². The average molecular weight is 303 g/mol. The van der Waals surface area contributed by atoms with Crippen LogP contribution >= 0.6 is 11.3 Å². The van der Waals surface area contributed by atoms with Gasteiger partial charge in [-0.2, -0.15) is 0 Å². The van der Waals surface area contributed by atoms with Crippen LogP contribution < -0.4 is 5.73 Å². The van der Waals surface area contributed by atoms with E-state index in [1.165, 1.54) is 23.5 Å². The van der Waals surface area contributed by atoms with Gasteiger partial charge in [-0.05, 0) is 24.6 Å². The van der Waals surface area contributed by atoms with Crippen molar-refractivity contribution in [3.8, 4) is 0 Å². The summed E-state index contributed by atoms with van der Waals surface area (Å²) in [6.07, 6.45) is 2.35. The molecule has 0 fully saturated rings. The summed E-state index contributed by atoms with van der Waals surface area (Å²) < 4.78 is 13.4. The molecule has 0 saturated carbocycles. The molecule has 0 aliphatic rings. The quantitative estimate of drug-likeness (QED) is 0.726. The van der Waals surface area contributed by atoms with Crippen molar-refractivity contribution in [2.24, 2.45) is 5.73 Å². The summed E-state index contributed by atoms with van der Waals surface area (Å²) in [4.78, 5) is 19.8. The number of benzene rings is 1. The van der Waals surface area contributed by atoms with Crippen molar-refractivity contribution >= 4 is 28.0 Å². The summed E-state index contributed by atoms with van der Waals surface area (Å²) >= 11 is 1.26. The minimum Gasteiger partial charge on any atom is -0.360 e. The first-order valence-corrected chi connectivity index (χ1v) is 7.50. The molecule has 1 aromatic carbocycles. The molecule has 0 aliphatic heterocycles. The number of fused-ring (bicyclic) bond motifs is 1. The van der Waals surface area contributed by atoms with E-state index in [2.05, 4.69) is 9.97 Å². The van der Waals surface area contributed by atoms with Gasteiger partial charge in [-0.15, -0.1) is 11.3 Å². The maximum Gasteiger partial charge on any atom is 0.223 e. The molecule has 3 aromatic rings. The third-order valence-corrected chi connectivity index (χ3v) is 4.28. The summed E-state index contributed by atoms with van der Waals surface area (Å²) in [5.41, 5.74) is 7.78. The summed E-state index contributed by atoms with van der Waals surface area (Å²) in [6, 6.07) is 4.16. The predicted octanol–water partition coefficient (Wildman–Crippen LogP) is 3.40. The second-order valence-electron chi connectivity index (χ2n) is 4.81. The van der Waals surface area contributed by atoms with Gasteiger partial charge in [0.15, 0.2) is 5.01 Å². The fraction of sp³-hybridized carbons (Fsp3) is 0.200. The van der Waals surface area contributed by atoms with Crippen molar-refractivity contribution in [3.05, 3.63) is 51.9 Å². The van der Waals surface area contributed by atoms with Gasteiger partial charge < -0.3 is 10.7 Å². The monoisotopic (exact) mass is 303 g/mol. The van der Waals surface area contributed by atoms with Crippen molar-refractivity contribution in [1.82, 2.24) is 9.97 Å². The van der Waals surface area contributed by atoms with E-state index >= 15 is 0 Å². The fourth-order valence-electron chi connectivity index (χ4n) is 2.17. The lowest BCUT2D eigenvalue weighted by molar-refractivity contribution is 0.103. The molecule has 0 radical (unpaired) electrons. The number of hydrogen-bond acceptors (Lipinski definition) is 4. The Bertz CT molecular complexity index is 808. The van der Waals surface area contributed by atoms with Gasteiger partial charge >= 0.3 is 0 Å². The highest BCUT2D eigenvalue weighted by molar-refractivity contribution is 7.12. The Hall–Kier alpha value is -2.05. The van der Waals surface area contributed by atoms with E-state index in [0.29, 0.717) is 16.0 Å². The van der Waals surface area contributed by atoms with Gasteiger partial charge in [0.05, 0.1) is 11.3 Å². The van der Waals surface area contributed by atoms with Crippen LogP contribution in [0.1, 0.15) is 40.4 Å². The van der Waals surface area contributed by atoms with Crippen LogP contribution in [-0.2, 0) is 0 Å². The smallest absolute Gasteiger partial charge is 0.223 e. The maximum absolute atomic E-state index is 13.4. The third-order valence-electron chi connectivity index (χ3n) is 3.42. The number of thiazole rings is 1. The van der Waals surface area contributed by atoms with Crippen molar-refractivity contribution in [1.29, 1.82) is 0 Å². The molecule has 2 aromatic heterocycles. The van der Waals surface area contributed by atoms with Crippen molar-refractivity contribution in [2.75, 3.05) is 0 Å². The summed E-state index contributed by atoms with van der Waals surface area (Å²) in [5, 5.41) is 2.74. The third kappa shape index (κ3) is 2.48. The zero-order chi connectivity index (χ0) is 15.0. The van der Waals surface area contributed by atoms with Crippen LogP contribution in [0, 0.1) is 5.82 Å². The molecular formula is C15H14FN3OS. The number of hydrogen-bond donors (Lipinski definition) is 2. The van der Waals surface area contributed by atoms with Crippen molar-refractivity contribution in [3.63, 3.8) is 0 Å². The number of halogens is 1. The molecule has 2 heterocycles. The molecular weight excluding hydrogens is 289 g/mol. The van der Waals surface area contributed by atoms with E-state index < -0.39 is 0 Å². The number of nitrogens with two attached hydrogens (primary N) is 1. The Morgan fingerprint density at radius 1 is 1.52 bits per heavy atom. The minimum absolute atomic E-state index is 0.164. The lowest BCUT2D eigenvalue weighted by Gasteiger charge is -2.02. The van der Waals surface area contributed by atoms with Crippen LogP contribution in [-0.4, -0.2) is 15.8 Å². The number of nitrogens with zero attached hydrogens (tertiary/aromatic N) is 1. The van der Waals surface area contributed by atoms with E-state index in [-0.39, 0.29) is 17.6 Å². The first kappa shape index (κ1) is 13.9. The van der Waals surface area contributed by atoms with Crippen molar-refractivity contribution < 1.29 is 9.18 Å². The first-order chi connectivity index (χ1) is 10.1. The van der Waals surface area contributed by atoms with Crippen LogP contribution in [0.2, 0.25) is 0 Å². The Labute approximate surface area is 124 Å². The fourth-order valence-corrected chi connectivity index (χ4v) is 3.00. The molecule has 1 atom stereocenters. The Balaban J connectivity index is 2.00. The average Bonchev–Trinajstić information content (AvgIpc) is 3.12. The number of ketones is 1. The summed E-state index contributed by atoms with van der Waals surface area (Å²) in [7, 11) is 0. The van der Waals surface area contributed by atoms with Gasteiger partial charge in [0.25, 0.3) is 0 Å². The van der Waals surface area contributed by atoms with Gasteiger partial charge in [-0.1, -0.05) is 6.92 Å². The SMILES string of the molecule is CC[C@@H](N)c1csc(C(=O)c2c[nH]c3ccc(F)cc23)n1. The number of rotatable bonds is 4. The number of carbonyl (C=O) groups excluding carboxylic acids is 1. The van der Waals surface area contributed by atoms with Gasteiger partial charge in [-0.25, -0.2) is 9.37 Å². The molecule has 0 saturated heterocycles. The normalized spacial score (nSPS) is 12.7. The lowest BCUT2D eigenvalue weighted by atomic mass is 10.1. The molecule has 108 valence electrons. The second kappa shape index (κ2) is 5.38. The summed E-state index contributed by atoms with van der Waals surface area (Å²) in [5.74, 6) is -0.588. The van der Waals surface area contributed by atoms with E-state index in [0.717, 1.165) is 17.6 Å². The lowest BCUT2D eigenvalue weighted by Crippen LogP contribution is -2.09. The largest absolute Gasteiger partial charge is 0.360 e. The van der Waals surface area contributed by atoms with Crippen LogP contribution in [0.5, 0.6) is 0 Å². The van der Waals surface area contributed by atoms with Crippen LogP contribution in [0.15, 0.2) is 29.8 Å². The topological polar surface area (TPSA) is 71.8 Å². The maximum atomic E-state index is 13.4. The molecule has 3 rings (SSSR count). The molecule has 21 heavy (non-hydrogen) atoms. The van der Waals surface area contributed by atoms with Gasteiger partial charge in [0, 0.05) is 28.5 Å². The van der Waals surface area contributed by atoms with E-state index in [9.17, 15) is 9.18 Å². The number of aromatic nitrogens is 2. The molecule has 0 unspecified atom stereocenters. The minimum atomic E-state index is -0.371. The Morgan fingerprint density at radius 3 is 3.10 bits per heavy atom. The molecule has 6 heteroatoms. The standard InChI is InChI=1S/C15H14FN3OS/c1-2-11(17)13-7-21-15(19-13)14(20)10-6-18-12-4-3-8(16)5-9(10)12/h3-7,11,18H,2,17H2,1H3/t11-/m1/s1. The molecule has 3 N–H and O–H groups in total. The highest BCUT2D eigenvalue weighted by Gasteiger charge is 2.19. The summed E-state index contributed by atoms with van der Waals surface area (Å²) in [6.45, 7) is 1.97. The van der Waals surface area contributed by atoms with Crippen molar-refractivity contribution in [2.45, 2.75) is 19.4 Å². The number of nitrogens with one attached hydrogen (secondary N) is 1. The highest BCUT2D eigenvalue weighted by Crippen LogP contribution is 2.25. The number of aromatic amines is 1. The second-order valence-corrected chi connectivity index (χ2v) is 5.67. The van der Waals surface area contributed by atoms with E-state index in [1.54, 1.807) is 17.6 Å². The molecule has 0 aliphatic carbocycles. The molecule has 0 spiro atoms. The molecule has 0 amide bonds. The highest BCUT2D eigenvalue weighted by atomic mass is 32.1.